The summed E-state index contributed by atoms with van der Waals surface area (Å²) in [6.07, 6.45) is 0. The Labute approximate surface area is 159 Å². The number of carbonyl (C=O) groups excluding carboxylic acids is 1. The molecule has 1 saturated heterocycles. The fourth-order valence-corrected chi connectivity index (χ4v) is 5.66. The zero-order valence-corrected chi connectivity index (χ0v) is 16.5. The van der Waals surface area contributed by atoms with Crippen LogP contribution in [-0.4, -0.2) is 44.9 Å². The van der Waals surface area contributed by atoms with Crippen LogP contribution in [0, 0.1) is 0 Å². The smallest absolute Gasteiger partial charge is 0.252 e. The molecule has 1 aromatic heterocycles. The maximum absolute atomic E-state index is 12.6. The van der Waals surface area contributed by atoms with Gasteiger partial charge in [-0.3, -0.25) is 4.79 Å². The Balaban J connectivity index is 1.64. The van der Waals surface area contributed by atoms with Gasteiger partial charge in [0.05, 0.1) is 19.8 Å². The van der Waals surface area contributed by atoms with Crippen LogP contribution >= 0.6 is 27.3 Å². The summed E-state index contributed by atoms with van der Waals surface area (Å²) < 4.78 is 32.9. The highest BCUT2D eigenvalue weighted by molar-refractivity contribution is 9.10. The van der Waals surface area contributed by atoms with Gasteiger partial charge >= 0.3 is 0 Å². The van der Waals surface area contributed by atoms with Crippen molar-refractivity contribution < 1.29 is 17.9 Å². The molecule has 0 spiro atoms. The monoisotopic (exact) mass is 444 g/mol. The Morgan fingerprint density at radius 1 is 1.24 bits per heavy atom. The van der Waals surface area contributed by atoms with Gasteiger partial charge in [0.2, 0.25) is 0 Å². The van der Waals surface area contributed by atoms with Crippen LogP contribution in [0.5, 0.6) is 0 Å². The summed E-state index contributed by atoms with van der Waals surface area (Å²) in [5, 5.41) is 2.81. The lowest BCUT2D eigenvalue weighted by molar-refractivity contribution is 0.0731. The van der Waals surface area contributed by atoms with Crippen molar-refractivity contribution in [3.05, 3.63) is 51.3 Å². The third-order valence-electron chi connectivity index (χ3n) is 3.71. The first-order valence-electron chi connectivity index (χ1n) is 7.67. The molecule has 3 rings (SSSR count). The van der Waals surface area contributed by atoms with Gasteiger partial charge in [0.1, 0.15) is 4.21 Å². The molecule has 1 amide bonds. The highest BCUT2D eigenvalue weighted by Crippen LogP contribution is 2.25. The first-order valence-corrected chi connectivity index (χ1v) is 10.7. The summed E-state index contributed by atoms with van der Waals surface area (Å²) in [5.74, 6) is -0.202. The second-order valence-electron chi connectivity index (χ2n) is 5.43. The fourth-order valence-electron chi connectivity index (χ4n) is 2.41. The normalized spacial score (nSPS) is 15.9. The number of amides is 1. The number of sulfonamides is 1. The second-order valence-corrected chi connectivity index (χ2v) is 9.68. The largest absolute Gasteiger partial charge is 0.379 e. The Morgan fingerprint density at radius 3 is 2.72 bits per heavy atom. The minimum Gasteiger partial charge on any atom is -0.379 e. The number of carbonyl (C=O) groups is 1. The van der Waals surface area contributed by atoms with Crippen molar-refractivity contribution in [2.45, 2.75) is 10.8 Å². The van der Waals surface area contributed by atoms with Crippen molar-refractivity contribution >= 4 is 43.2 Å². The van der Waals surface area contributed by atoms with Gasteiger partial charge in [-0.15, -0.1) is 11.3 Å². The van der Waals surface area contributed by atoms with E-state index in [1.165, 1.54) is 15.6 Å². The standard InChI is InChI=1S/C16H17BrN2O4S2/c17-13-3-1-2-12(10-13)16(20)18-11-14-4-5-15(24-14)25(21,22)19-6-8-23-9-7-19/h1-5,10H,6-9,11H2,(H,18,20). The topological polar surface area (TPSA) is 75.7 Å². The van der Waals surface area contributed by atoms with Gasteiger partial charge < -0.3 is 10.1 Å². The molecule has 0 atom stereocenters. The van der Waals surface area contributed by atoms with Crippen molar-refractivity contribution in [3.63, 3.8) is 0 Å². The zero-order chi connectivity index (χ0) is 17.9. The van der Waals surface area contributed by atoms with Crippen molar-refractivity contribution in [1.29, 1.82) is 0 Å². The average Bonchev–Trinajstić information content (AvgIpc) is 3.10. The molecular formula is C16H17BrN2O4S2. The minimum absolute atomic E-state index is 0.202. The summed E-state index contributed by atoms with van der Waals surface area (Å²) in [4.78, 5) is 12.9. The van der Waals surface area contributed by atoms with Gasteiger partial charge in [-0.1, -0.05) is 22.0 Å². The summed E-state index contributed by atoms with van der Waals surface area (Å²) in [6.45, 7) is 1.86. The zero-order valence-electron chi connectivity index (χ0n) is 13.3. The van der Waals surface area contributed by atoms with Crippen molar-refractivity contribution in [3.8, 4) is 0 Å². The molecule has 1 N–H and O–H groups in total. The average molecular weight is 445 g/mol. The molecule has 1 aliphatic heterocycles. The molecule has 2 heterocycles. The number of nitrogens with one attached hydrogen (secondary N) is 1. The number of nitrogens with zero attached hydrogens (tertiary/aromatic N) is 1. The number of rotatable bonds is 5. The number of ether oxygens (including phenoxy) is 1. The third-order valence-corrected chi connectivity index (χ3v) is 7.66. The first kappa shape index (κ1) is 18.5. The van der Waals surface area contributed by atoms with E-state index in [1.54, 1.807) is 30.3 Å². The first-order chi connectivity index (χ1) is 12.0. The molecule has 25 heavy (non-hydrogen) atoms. The van der Waals surface area contributed by atoms with E-state index in [9.17, 15) is 13.2 Å². The molecule has 0 bridgehead atoms. The van der Waals surface area contributed by atoms with Crippen LogP contribution in [0.15, 0.2) is 45.1 Å². The number of thiophene rings is 1. The molecule has 0 saturated carbocycles. The van der Waals surface area contributed by atoms with Crippen molar-refractivity contribution in [2.75, 3.05) is 26.3 Å². The Kier molecular flexibility index (Phi) is 5.90. The third kappa shape index (κ3) is 4.48. The fraction of sp³-hybridized carbons (Fsp3) is 0.312. The number of hydrogen-bond donors (Lipinski definition) is 1. The van der Waals surface area contributed by atoms with E-state index >= 15 is 0 Å². The molecule has 134 valence electrons. The molecule has 0 aliphatic carbocycles. The summed E-state index contributed by atoms with van der Waals surface area (Å²) >= 11 is 4.51. The van der Waals surface area contributed by atoms with E-state index < -0.39 is 10.0 Å². The van der Waals surface area contributed by atoms with E-state index in [0.717, 1.165) is 9.35 Å². The number of hydrogen-bond acceptors (Lipinski definition) is 5. The molecule has 9 heteroatoms. The Bertz CT molecular complexity index is 861. The van der Waals surface area contributed by atoms with Crippen LogP contribution in [0.1, 0.15) is 15.2 Å². The minimum atomic E-state index is -3.48. The molecule has 0 radical (unpaired) electrons. The second kappa shape index (κ2) is 7.96. The summed E-state index contributed by atoms with van der Waals surface area (Å²) in [5.41, 5.74) is 0.548. The van der Waals surface area contributed by atoms with Crippen LogP contribution in [0.25, 0.3) is 0 Å². The highest BCUT2D eigenvalue weighted by atomic mass is 79.9. The van der Waals surface area contributed by atoms with Gasteiger partial charge in [0.15, 0.2) is 0 Å². The van der Waals surface area contributed by atoms with Crippen LogP contribution < -0.4 is 5.32 Å². The van der Waals surface area contributed by atoms with Gasteiger partial charge in [0, 0.05) is 28.0 Å². The Hall–Kier alpha value is -1.26. The number of benzene rings is 1. The number of morpholine rings is 1. The molecule has 1 aliphatic rings. The van der Waals surface area contributed by atoms with E-state index in [0.29, 0.717) is 36.1 Å². The van der Waals surface area contributed by atoms with Crippen LogP contribution in [0.3, 0.4) is 0 Å². The predicted molar refractivity (Wildman–Crippen MR) is 99.2 cm³/mol. The van der Waals surface area contributed by atoms with Crippen molar-refractivity contribution in [1.82, 2.24) is 9.62 Å². The summed E-state index contributed by atoms with van der Waals surface area (Å²) in [7, 11) is -3.48. The molecule has 0 unspecified atom stereocenters. The van der Waals surface area contributed by atoms with Gasteiger partial charge in [-0.2, -0.15) is 4.31 Å². The maximum Gasteiger partial charge on any atom is 0.252 e. The number of halogens is 1. The van der Waals surface area contributed by atoms with Gasteiger partial charge in [-0.25, -0.2) is 8.42 Å². The lowest BCUT2D eigenvalue weighted by Gasteiger charge is -2.25. The highest BCUT2D eigenvalue weighted by Gasteiger charge is 2.27. The Morgan fingerprint density at radius 2 is 2.00 bits per heavy atom. The predicted octanol–water partition coefficient (Wildman–Crippen LogP) is 2.46. The molecule has 6 nitrogen and oxygen atoms in total. The molecule has 1 fully saturated rings. The molecular weight excluding hydrogens is 428 g/mol. The van der Waals surface area contributed by atoms with E-state index in [2.05, 4.69) is 21.2 Å². The molecule has 1 aromatic carbocycles. The van der Waals surface area contributed by atoms with Crippen molar-refractivity contribution in [2.24, 2.45) is 0 Å². The van der Waals surface area contributed by atoms with Gasteiger partial charge in [-0.05, 0) is 30.3 Å². The SMILES string of the molecule is O=C(NCc1ccc(S(=O)(=O)N2CCOCC2)s1)c1cccc(Br)c1. The van der Waals surface area contributed by atoms with Crippen LogP contribution in [-0.2, 0) is 21.3 Å². The van der Waals surface area contributed by atoms with Gasteiger partial charge in [0.25, 0.3) is 15.9 Å². The van der Waals surface area contributed by atoms with Crippen LogP contribution in [0.2, 0.25) is 0 Å². The summed E-state index contributed by atoms with van der Waals surface area (Å²) in [6, 6.07) is 10.4. The van der Waals surface area contributed by atoms with Crippen LogP contribution in [0.4, 0.5) is 0 Å². The maximum atomic E-state index is 12.6. The lowest BCUT2D eigenvalue weighted by Crippen LogP contribution is -2.40. The van der Waals surface area contributed by atoms with E-state index in [4.69, 9.17) is 4.74 Å². The quantitative estimate of drug-likeness (QED) is 0.768. The molecule has 2 aromatic rings. The lowest BCUT2D eigenvalue weighted by atomic mass is 10.2. The van der Waals surface area contributed by atoms with E-state index in [-0.39, 0.29) is 12.5 Å². The van der Waals surface area contributed by atoms with E-state index in [1.807, 2.05) is 6.07 Å².